The molecule has 0 bridgehead atoms. The van der Waals surface area contributed by atoms with Crippen LogP contribution in [0, 0.1) is 5.92 Å². The molecule has 1 aliphatic rings. The van der Waals surface area contributed by atoms with E-state index in [1.807, 2.05) is 0 Å². The third-order valence-corrected chi connectivity index (χ3v) is 4.98. The second-order valence-corrected chi connectivity index (χ2v) is 8.15. The molecule has 0 spiro atoms. The molecular formula is C22H42O3. The SMILES string of the molecule is CCCCCCCC[C@H]1O[C@H]1CCCCCCCC(=O)OCC(C)C. The first-order chi connectivity index (χ1) is 12.1. The molecule has 3 heteroatoms. The Labute approximate surface area is 156 Å². The normalized spacial score (nSPS) is 19.4. The lowest BCUT2D eigenvalue weighted by Gasteiger charge is -2.06. The van der Waals surface area contributed by atoms with Crippen molar-refractivity contribution in [2.45, 2.75) is 123 Å². The van der Waals surface area contributed by atoms with Crippen molar-refractivity contribution in [3.63, 3.8) is 0 Å². The monoisotopic (exact) mass is 354 g/mol. The lowest BCUT2D eigenvalue weighted by atomic mass is 10.0. The van der Waals surface area contributed by atoms with Gasteiger partial charge in [-0.15, -0.1) is 0 Å². The third kappa shape index (κ3) is 13.3. The molecule has 0 aromatic rings. The van der Waals surface area contributed by atoms with E-state index in [1.54, 1.807) is 0 Å². The molecule has 0 unspecified atom stereocenters. The van der Waals surface area contributed by atoms with Gasteiger partial charge >= 0.3 is 5.97 Å². The Bertz CT molecular complexity index is 327. The van der Waals surface area contributed by atoms with Crippen LogP contribution in [0.1, 0.15) is 111 Å². The lowest BCUT2D eigenvalue weighted by Crippen LogP contribution is -2.09. The number of rotatable bonds is 17. The molecule has 0 saturated carbocycles. The highest BCUT2D eigenvalue weighted by atomic mass is 16.6. The summed E-state index contributed by atoms with van der Waals surface area (Å²) in [6, 6.07) is 0. The van der Waals surface area contributed by atoms with Crippen LogP contribution in [0.25, 0.3) is 0 Å². The molecule has 1 saturated heterocycles. The van der Waals surface area contributed by atoms with Crippen molar-refractivity contribution in [3.8, 4) is 0 Å². The van der Waals surface area contributed by atoms with Gasteiger partial charge in [-0.25, -0.2) is 0 Å². The predicted molar refractivity (Wildman–Crippen MR) is 105 cm³/mol. The zero-order chi connectivity index (χ0) is 18.3. The van der Waals surface area contributed by atoms with Crippen LogP contribution in [-0.2, 0) is 14.3 Å². The summed E-state index contributed by atoms with van der Waals surface area (Å²) in [5.41, 5.74) is 0. The van der Waals surface area contributed by atoms with Gasteiger partial charge in [-0.2, -0.15) is 0 Å². The average molecular weight is 355 g/mol. The van der Waals surface area contributed by atoms with Crippen LogP contribution in [0.2, 0.25) is 0 Å². The first-order valence-electron chi connectivity index (χ1n) is 10.9. The van der Waals surface area contributed by atoms with Gasteiger partial charge in [0.05, 0.1) is 18.8 Å². The average Bonchev–Trinajstić information content (AvgIpc) is 3.33. The van der Waals surface area contributed by atoms with Gasteiger partial charge in [0.15, 0.2) is 0 Å². The van der Waals surface area contributed by atoms with Crippen molar-refractivity contribution in [3.05, 3.63) is 0 Å². The number of unbranched alkanes of at least 4 members (excludes halogenated alkanes) is 9. The number of carbonyl (C=O) groups excluding carboxylic acids is 1. The molecule has 1 aliphatic heterocycles. The first kappa shape index (κ1) is 22.5. The molecule has 0 aromatic heterocycles. The van der Waals surface area contributed by atoms with Crippen LogP contribution in [-0.4, -0.2) is 24.8 Å². The summed E-state index contributed by atoms with van der Waals surface area (Å²) in [4.78, 5) is 11.5. The van der Waals surface area contributed by atoms with Crippen molar-refractivity contribution in [2.24, 2.45) is 5.92 Å². The molecule has 148 valence electrons. The van der Waals surface area contributed by atoms with E-state index in [1.165, 1.54) is 70.6 Å². The number of hydrogen-bond donors (Lipinski definition) is 0. The smallest absolute Gasteiger partial charge is 0.305 e. The standard InChI is InChI=1S/C22H42O3/c1-4-5-6-7-9-12-15-20-21(25-20)16-13-10-8-11-14-17-22(23)24-18-19(2)3/h19-21H,4-18H2,1-3H3/t20-,21+/m1/s1. The van der Waals surface area contributed by atoms with Gasteiger partial charge in [-0.05, 0) is 25.2 Å². The van der Waals surface area contributed by atoms with E-state index in [9.17, 15) is 4.79 Å². The quantitative estimate of drug-likeness (QED) is 0.171. The van der Waals surface area contributed by atoms with Crippen molar-refractivity contribution in [2.75, 3.05) is 6.61 Å². The Morgan fingerprint density at radius 1 is 0.840 bits per heavy atom. The van der Waals surface area contributed by atoms with Gasteiger partial charge in [-0.1, -0.05) is 85.0 Å². The van der Waals surface area contributed by atoms with Crippen LogP contribution in [0.3, 0.4) is 0 Å². The summed E-state index contributed by atoms with van der Waals surface area (Å²) in [6.07, 6.45) is 18.3. The summed E-state index contributed by atoms with van der Waals surface area (Å²) in [5.74, 6) is 0.399. The van der Waals surface area contributed by atoms with Gasteiger partial charge in [0.25, 0.3) is 0 Å². The van der Waals surface area contributed by atoms with Gasteiger partial charge in [0, 0.05) is 6.42 Å². The molecule has 0 amide bonds. The number of ether oxygens (including phenoxy) is 2. The van der Waals surface area contributed by atoms with Crippen LogP contribution < -0.4 is 0 Å². The number of hydrogen-bond acceptors (Lipinski definition) is 3. The highest BCUT2D eigenvalue weighted by Crippen LogP contribution is 2.31. The van der Waals surface area contributed by atoms with E-state index in [0.717, 1.165) is 12.8 Å². The number of carbonyl (C=O) groups is 1. The Morgan fingerprint density at radius 2 is 1.36 bits per heavy atom. The van der Waals surface area contributed by atoms with E-state index >= 15 is 0 Å². The van der Waals surface area contributed by atoms with Crippen molar-refractivity contribution < 1.29 is 14.3 Å². The maximum absolute atomic E-state index is 11.5. The Kier molecular flexibility index (Phi) is 13.1. The summed E-state index contributed by atoms with van der Waals surface area (Å²) in [5, 5.41) is 0. The van der Waals surface area contributed by atoms with E-state index in [0.29, 0.717) is 31.2 Å². The van der Waals surface area contributed by atoms with Crippen LogP contribution >= 0.6 is 0 Å². The maximum atomic E-state index is 11.5. The van der Waals surface area contributed by atoms with Crippen molar-refractivity contribution >= 4 is 5.97 Å². The minimum absolute atomic E-state index is 0.0300. The minimum Gasteiger partial charge on any atom is -0.465 e. The molecule has 1 fully saturated rings. The molecule has 0 aliphatic carbocycles. The fraction of sp³-hybridized carbons (Fsp3) is 0.955. The zero-order valence-electron chi connectivity index (χ0n) is 17.1. The van der Waals surface area contributed by atoms with Crippen LogP contribution in [0.15, 0.2) is 0 Å². The van der Waals surface area contributed by atoms with E-state index < -0.39 is 0 Å². The largest absolute Gasteiger partial charge is 0.465 e. The molecule has 0 aromatic carbocycles. The summed E-state index contributed by atoms with van der Waals surface area (Å²) in [6.45, 7) is 6.95. The fourth-order valence-corrected chi connectivity index (χ4v) is 3.29. The summed E-state index contributed by atoms with van der Waals surface area (Å²) in [7, 11) is 0. The van der Waals surface area contributed by atoms with E-state index in [4.69, 9.17) is 9.47 Å². The molecule has 0 radical (unpaired) electrons. The van der Waals surface area contributed by atoms with Crippen molar-refractivity contribution in [1.82, 2.24) is 0 Å². The van der Waals surface area contributed by atoms with Crippen LogP contribution in [0.5, 0.6) is 0 Å². The summed E-state index contributed by atoms with van der Waals surface area (Å²) >= 11 is 0. The van der Waals surface area contributed by atoms with Gasteiger partial charge in [-0.3, -0.25) is 4.79 Å². The highest BCUT2D eigenvalue weighted by Gasteiger charge is 2.36. The highest BCUT2D eigenvalue weighted by molar-refractivity contribution is 5.69. The number of epoxide rings is 1. The van der Waals surface area contributed by atoms with Gasteiger partial charge in [0.2, 0.25) is 0 Å². The Hall–Kier alpha value is -0.570. The third-order valence-electron chi connectivity index (χ3n) is 4.98. The summed E-state index contributed by atoms with van der Waals surface area (Å²) < 4.78 is 11.0. The van der Waals surface area contributed by atoms with E-state index in [-0.39, 0.29) is 5.97 Å². The second kappa shape index (κ2) is 14.6. The predicted octanol–water partition coefficient (Wildman–Crippen LogP) is 6.43. The topological polar surface area (TPSA) is 38.8 Å². The molecule has 25 heavy (non-hydrogen) atoms. The van der Waals surface area contributed by atoms with Gasteiger partial charge < -0.3 is 9.47 Å². The Morgan fingerprint density at radius 3 is 1.92 bits per heavy atom. The first-order valence-corrected chi connectivity index (χ1v) is 10.9. The number of esters is 1. The lowest BCUT2D eigenvalue weighted by molar-refractivity contribution is -0.144. The zero-order valence-corrected chi connectivity index (χ0v) is 17.1. The van der Waals surface area contributed by atoms with Crippen molar-refractivity contribution in [1.29, 1.82) is 0 Å². The molecule has 1 rings (SSSR count). The maximum Gasteiger partial charge on any atom is 0.305 e. The van der Waals surface area contributed by atoms with Crippen LogP contribution in [0.4, 0.5) is 0 Å². The molecular weight excluding hydrogens is 312 g/mol. The second-order valence-electron chi connectivity index (χ2n) is 8.15. The Balaban J connectivity index is 1.79. The van der Waals surface area contributed by atoms with E-state index in [2.05, 4.69) is 20.8 Å². The molecule has 2 atom stereocenters. The molecule has 0 N–H and O–H groups in total. The molecule has 1 heterocycles. The fourth-order valence-electron chi connectivity index (χ4n) is 3.29. The van der Waals surface area contributed by atoms with Gasteiger partial charge in [0.1, 0.15) is 0 Å². The minimum atomic E-state index is -0.0300. The molecule has 3 nitrogen and oxygen atoms in total.